The van der Waals surface area contributed by atoms with Crippen LogP contribution < -0.4 is 20.5 Å². The summed E-state index contributed by atoms with van der Waals surface area (Å²) in [6.45, 7) is 0.868. The van der Waals surface area contributed by atoms with Crippen molar-refractivity contribution >= 4 is 6.03 Å². The van der Waals surface area contributed by atoms with Crippen LogP contribution in [0, 0.1) is 0 Å². The number of ether oxygens (including phenoxy) is 2. The fraction of sp³-hybridized carbons (Fsp3) is 0.526. The summed E-state index contributed by atoms with van der Waals surface area (Å²) in [7, 11) is 4.10. The van der Waals surface area contributed by atoms with Gasteiger partial charge in [-0.2, -0.15) is 13.2 Å². The van der Waals surface area contributed by atoms with Crippen LogP contribution in [-0.2, 0) is 19.8 Å². The Morgan fingerprint density at radius 1 is 1.19 bits per heavy atom. The molecule has 0 bridgehead atoms. The molecule has 1 saturated heterocycles. The van der Waals surface area contributed by atoms with Crippen LogP contribution in [0.15, 0.2) is 23.0 Å². The van der Waals surface area contributed by atoms with Crippen molar-refractivity contribution in [1.82, 2.24) is 24.6 Å². The first-order chi connectivity index (χ1) is 14.7. The van der Waals surface area contributed by atoms with Crippen LogP contribution in [-0.4, -0.2) is 52.6 Å². The Bertz CT molecular complexity index is 993. The zero-order valence-electron chi connectivity index (χ0n) is 17.4. The molecule has 170 valence electrons. The van der Waals surface area contributed by atoms with E-state index in [2.05, 4.69) is 10.4 Å². The largest absolute Gasteiger partial charge is 0.493 e. The first kappa shape index (κ1) is 22.5. The number of piperidine rings is 1. The number of alkyl halides is 3. The number of carbonyl (C=O) groups excluding carboxylic acids is 1. The Balaban J connectivity index is 1.58. The maximum Gasteiger partial charge on any atom is 0.451 e. The van der Waals surface area contributed by atoms with Crippen LogP contribution in [0.1, 0.15) is 30.3 Å². The number of carbonyl (C=O) groups is 1. The topological polar surface area (TPSA) is 90.6 Å². The Morgan fingerprint density at radius 3 is 2.39 bits per heavy atom. The van der Waals surface area contributed by atoms with Gasteiger partial charge in [0.15, 0.2) is 11.5 Å². The van der Waals surface area contributed by atoms with Gasteiger partial charge in [0.25, 0.3) is 0 Å². The summed E-state index contributed by atoms with van der Waals surface area (Å²) in [6, 6.07) is 4.52. The molecule has 2 amide bonds. The number of amides is 2. The molecule has 3 rings (SSSR count). The monoisotopic (exact) mass is 443 g/mol. The average Bonchev–Trinajstić information content (AvgIpc) is 3.06. The number of methoxy groups -OCH3 is 2. The summed E-state index contributed by atoms with van der Waals surface area (Å²) in [6.07, 6.45) is -4.04. The summed E-state index contributed by atoms with van der Waals surface area (Å²) in [5.41, 5.74) is 0.00397. The minimum Gasteiger partial charge on any atom is -0.493 e. The molecule has 12 heteroatoms. The highest BCUT2D eigenvalue weighted by Crippen LogP contribution is 2.29. The average molecular weight is 443 g/mol. The second-order valence-corrected chi connectivity index (χ2v) is 7.17. The fourth-order valence-corrected chi connectivity index (χ4v) is 3.53. The third-order valence-electron chi connectivity index (χ3n) is 5.25. The van der Waals surface area contributed by atoms with E-state index in [1.165, 1.54) is 14.2 Å². The van der Waals surface area contributed by atoms with E-state index in [1.807, 2.05) is 0 Å². The number of aromatic nitrogens is 3. The lowest BCUT2D eigenvalue weighted by Gasteiger charge is -2.31. The summed E-state index contributed by atoms with van der Waals surface area (Å²) >= 11 is 0. The standard InChI is InChI=1S/C19H24F3N5O4/c1-25-16(19(20,21)22)24-27(18(25)29)13-6-8-26(9-7-13)17(28)23-11-12-4-5-14(30-2)15(10-12)31-3/h4-5,10,13H,6-9,11H2,1-3H3,(H,23,28). The Hall–Kier alpha value is -3.18. The van der Waals surface area contributed by atoms with Crippen molar-refractivity contribution in [2.75, 3.05) is 27.3 Å². The zero-order chi connectivity index (χ0) is 22.8. The van der Waals surface area contributed by atoms with Gasteiger partial charge in [-0.1, -0.05) is 6.07 Å². The zero-order valence-corrected chi connectivity index (χ0v) is 17.4. The Kier molecular flexibility index (Phi) is 6.46. The molecule has 0 atom stereocenters. The molecule has 1 aliphatic rings. The van der Waals surface area contributed by atoms with Gasteiger partial charge in [0.2, 0.25) is 5.82 Å². The van der Waals surface area contributed by atoms with Gasteiger partial charge in [-0.05, 0) is 30.5 Å². The number of halogens is 3. The second kappa shape index (κ2) is 8.90. The predicted molar refractivity (Wildman–Crippen MR) is 104 cm³/mol. The lowest BCUT2D eigenvalue weighted by Crippen LogP contribution is -2.45. The molecule has 31 heavy (non-hydrogen) atoms. The van der Waals surface area contributed by atoms with Gasteiger partial charge >= 0.3 is 17.9 Å². The molecule has 0 aliphatic carbocycles. The summed E-state index contributed by atoms with van der Waals surface area (Å²) in [5.74, 6) is -0.0974. The maximum absolute atomic E-state index is 13.0. The molecule has 1 aromatic heterocycles. The summed E-state index contributed by atoms with van der Waals surface area (Å²) < 4.78 is 50.7. The number of nitrogens with zero attached hydrogens (tertiary/aromatic N) is 4. The number of hydrogen-bond donors (Lipinski definition) is 1. The highest BCUT2D eigenvalue weighted by atomic mass is 19.4. The second-order valence-electron chi connectivity index (χ2n) is 7.17. The predicted octanol–water partition coefficient (Wildman–Crippen LogP) is 2.16. The number of benzene rings is 1. The van der Waals surface area contributed by atoms with E-state index in [1.54, 1.807) is 23.1 Å². The van der Waals surface area contributed by atoms with Crippen LogP contribution >= 0.6 is 0 Å². The molecule has 2 aromatic rings. The molecule has 1 aromatic carbocycles. The molecule has 0 radical (unpaired) electrons. The van der Waals surface area contributed by atoms with Gasteiger partial charge in [0.1, 0.15) is 0 Å². The minimum absolute atomic E-state index is 0.272. The fourth-order valence-electron chi connectivity index (χ4n) is 3.53. The Morgan fingerprint density at radius 2 is 1.84 bits per heavy atom. The first-order valence-electron chi connectivity index (χ1n) is 9.62. The highest BCUT2D eigenvalue weighted by molar-refractivity contribution is 5.74. The SMILES string of the molecule is COc1ccc(CNC(=O)N2CCC(n3nc(C(F)(F)F)n(C)c3=O)CC2)cc1OC. The highest BCUT2D eigenvalue weighted by Gasteiger charge is 2.39. The smallest absolute Gasteiger partial charge is 0.451 e. The number of hydrogen-bond acceptors (Lipinski definition) is 5. The van der Waals surface area contributed by atoms with Gasteiger partial charge < -0.3 is 19.7 Å². The number of rotatable bonds is 5. The van der Waals surface area contributed by atoms with Crippen LogP contribution in [0.5, 0.6) is 11.5 Å². The molecule has 0 spiro atoms. The molecular weight excluding hydrogens is 419 g/mol. The lowest BCUT2D eigenvalue weighted by atomic mass is 10.1. The van der Waals surface area contributed by atoms with Crippen molar-refractivity contribution in [3.05, 3.63) is 40.1 Å². The van der Waals surface area contributed by atoms with Crippen molar-refractivity contribution in [3.8, 4) is 11.5 Å². The molecule has 9 nitrogen and oxygen atoms in total. The number of nitrogens with one attached hydrogen (secondary N) is 1. The van der Waals surface area contributed by atoms with Crippen molar-refractivity contribution in [1.29, 1.82) is 0 Å². The van der Waals surface area contributed by atoms with E-state index in [9.17, 15) is 22.8 Å². The van der Waals surface area contributed by atoms with E-state index in [4.69, 9.17) is 9.47 Å². The third-order valence-corrected chi connectivity index (χ3v) is 5.25. The molecule has 1 N–H and O–H groups in total. The van der Waals surface area contributed by atoms with Crippen molar-refractivity contribution < 1.29 is 27.4 Å². The lowest BCUT2D eigenvalue weighted by molar-refractivity contribution is -0.147. The van der Waals surface area contributed by atoms with Gasteiger partial charge in [-0.15, -0.1) is 5.10 Å². The summed E-state index contributed by atoms with van der Waals surface area (Å²) in [4.78, 5) is 26.2. The van der Waals surface area contributed by atoms with Gasteiger partial charge in [0, 0.05) is 26.7 Å². The van der Waals surface area contributed by atoms with Crippen molar-refractivity contribution in [3.63, 3.8) is 0 Å². The molecular formula is C19H24F3N5O4. The van der Waals surface area contributed by atoms with Crippen LogP contribution in [0.2, 0.25) is 0 Å². The van der Waals surface area contributed by atoms with Gasteiger partial charge in [-0.25, -0.2) is 14.3 Å². The molecule has 0 unspecified atom stereocenters. The van der Waals surface area contributed by atoms with E-state index < -0.39 is 23.7 Å². The van der Waals surface area contributed by atoms with E-state index in [0.29, 0.717) is 42.0 Å². The van der Waals surface area contributed by atoms with Crippen LogP contribution in [0.3, 0.4) is 0 Å². The van der Waals surface area contributed by atoms with E-state index >= 15 is 0 Å². The van der Waals surface area contributed by atoms with E-state index in [-0.39, 0.29) is 12.6 Å². The number of urea groups is 1. The quantitative estimate of drug-likeness (QED) is 0.765. The molecule has 1 fully saturated rings. The van der Waals surface area contributed by atoms with Crippen molar-refractivity contribution in [2.45, 2.75) is 31.6 Å². The minimum atomic E-state index is -4.70. The maximum atomic E-state index is 13.0. The van der Waals surface area contributed by atoms with Gasteiger partial charge in [-0.3, -0.25) is 4.57 Å². The number of likely N-dealkylation sites (tertiary alicyclic amines) is 1. The van der Waals surface area contributed by atoms with Crippen LogP contribution in [0.4, 0.5) is 18.0 Å². The molecule has 1 aliphatic heterocycles. The third kappa shape index (κ3) is 4.78. The van der Waals surface area contributed by atoms with E-state index in [0.717, 1.165) is 17.3 Å². The normalized spacial score (nSPS) is 15.1. The van der Waals surface area contributed by atoms with Crippen molar-refractivity contribution in [2.24, 2.45) is 7.05 Å². The first-order valence-corrected chi connectivity index (χ1v) is 9.62. The molecule has 2 heterocycles. The van der Waals surface area contributed by atoms with Gasteiger partial charge in [0.05, 0.1) is 20.3 Å². The summed E-state index contributed by atoms with van der Waals surface area (Å²) in [5, 5.41) is 6.29. The molecule has 0 saturated carbocycles. The Labute approximate surface area is 176 Å². The van der Waals surface area contributed by atoms with Crippen LogP contribution in [0.25, 0.3) is 0 Å².